The minimum atomic E-state index is -3.97. The highest BCUT2D eigenvalue weighted by Gasteiger charge is 2.19. The second kappa shape index (κ2) is 7.85. The van der Waals surface area contributed by atoms with Gasteiger partial charge in [0.2, 0.25) is 0 Å². The number of methoxy groups -OCH3 is 2. The molecule has 0 saturated heterocycles. The summed E-state index contributed by atoms with van der Waals surface area (Å²) in [5.74, 6) is 0.752. The standard InChI is InChI=1S/C19H17ClN2O4S/c1-25-17-9-7-13-5-3-4-6-15(13)16(17)12-21-22-27(23,24)19-11-14(20)8-10-18(19)26-2/h3-12,22H,1-2H3/b21-12+. The summed E-state index contributed by atoms with van der Waals surface area (Å²) >= 11 is 5.91. The number of halogens is 1. The molecule has 140 valence electrons. The predicted molar refractivity (Wildman–Crippen MR) is 106 cm³/mol. The first-order valence-electron chi connectivity index (χ1n) is 7.90. The van der Waals surface area contributed by atoms with Crippen LogP contribution in [-0.4, -0.2) is 28.9 Å². The van der Waals surface area contributed by atoms with Gasteiger partial charge in [0.15, 0.2) is 0 Å². The molecule has 1 N–H and O–H groups in total. The van der Waals surface area contributed by atoms with E-state index in [9.17, 15) is 8.42 Å². The number of fused-ring (bicyclic) bond motifs is 1. The van der Waals surface area contributed by atoms with E-state index in [1.807, 2.05) is 30.3 Å². The number of ether oxygens (including phenoxy) is 2. The molecule has 3 rings (SSSR count). The van der Waals surface area contributed by atoms with E-state index < -0.39 is 10.0 Å². The van der Waals surface area contributed by atoms with E-state index in [1.165, 1.54) is 25.5 Å². The Labute approximate surface area is 162 Å². The third-order valence-electron chi connectivity index (χ3n) is 3.93. The molecule has 0 spiro atoms. The van der Waals surface area contributed by atoms with Crippen molar-refractivity contribution >= 4 is 38.6 Å². The van der Waals surface area contributed by atoms with Gasteiger partial charge in [-0.2, -0.15) is 18.4 Å². The van der Waals surface area contributed by atoms with Crippen LogP contribution in [0.4, 0.5) is 0 Å². The van der Waals surface area contributed by atoms with E-state index >= 15 is 0 Å². The van der Waals surface area contributed by atoms with Crippen LogP contribution < -0.4 is 14.3 Å². The van der Waals surface area contributed by atoms with Gasteiger partial charge in [-0.15, -0.1) is 0 Å². The van der Waals surface area contributed by atoms with Gasteiger partial charge in [0.1, 0.15) is 16.4 Å². The van der Waals surface area contributed by atoms with E-state index in [1.54, 1.807) is 19.2 Å². The number of hydrazone groups is 1. The Morgan fingerprint density at radius 3 is 2.44 bits per heavy atom. The van der Waals surface area contributed by atoms with Crippen molar-refractivity contribution in [3.05, 3.63) is 65.2 Å². The zero-order chi connectivity index (χ0) is 19.4. The Hall–Kier alpha value is -2.77. The van der Waals surface area contributed by atoms with Crippen LogP contribution in [0.25, 0.3) is 10.8 Å². The van der Waals surface area contributed by atoms with Crippen molar-refractivity contribution in [1.82, 2.24) is 4.83 Å². The van der Waals surface area contributed by atoms with Crippen LogP contribution in [0.15, 0.2) is 64.6 Å². The third kappa shape index (κ3) is 3.99. The second-order valence-corrected chi connectivity index (χ2v) is 7.62. The van der Waals surface area contributed by atoms with Crippen molar-refractivity contribution in [1.29, 1.82) is 0 Å². The van der Waals surface area contributed by atoms with Gasteiger partial charge in [-0.3, -0.25) is 0 Å². The number of sulfonamides is 1. The van der Waals surface area contributed by atoms with Crippen LogP contribution in [0, 0.1) is 0 Å². The molecule has 0 unspecified atom stereocenters. The lowest BCUT2D eigenvalue weighted by molar-refractivity contribution is 0.402. The summed E-state index contributed by atoms with van der Waals surface area (Å²) in [5.41, 5.74) is 0.663. The molecule has 3 aromatic carbocycles. The zero-order valence-corrected chi connectivity index (χ0v) is 16.2. The molecule has 0 aromatic heterocycles. The van der Waals surface area contributed by atoms with Crippen molar-refractivity contribution in [2.75, 3.05) is 14.2 Å². The van der Waals surface area contributed by atoms with Crippen LogP contribution in [-0.2, 0) is 10.0 Å². The van der Waals surface area contributed by atoms with Crippen LogP contribution in [0.2, 0.25) is 5.02 Å². The molecule has 0 aliphatic heterocycles. The first-order valence-corrected chi connectivity index (χ1v) is 9.76. The van der Waals surface area contributed by atoms with Gasteiger partial charge < -0.3 is 9.47 Å². The highest BCUT2D eigenvalue weighted by molar-refractivity contribution is 7.89. The van der Waals surface area contributed by atoms with E-state index in [0.29, 0.717) is 11.3 Å². The number of rotatable bonds is 6. The fraction of sp³-hybridized carbons (Fsp3) is 0.105. The lowest BCUT2D eigenvalue weighted by atomic mass is 10.0. The van der Waals surface area contributed by atoms with Gasteiger partial charge in [-0.1, -0.05) is 41.9 Å². The van der Waals surface area contributed by atoms with Crippen molar-refractivity contribution in [3.8, 4) is 11.5 Å². The summed E-state index contributed by atoms with van der Waals surface area (Å²) in [6.07, 6.45) is 1.41. The molecule has 0 heterocycles. The molecular weight excluding hydrogens is 388 g/mol. The van der Waals surface area contributed by atoms with E-state index in [4.69, 9.17) is 21.1 Å². The quantitative estimate of drug-likeness (QED) is 0.500. The fourth-order valence-corrected chi connectivity index (χ4v) is 3.88. The van der Waals surface area contributed by atoms with Gasteiger partial charge in [0.05, 0.1) is 20.4 Å². The van der Waals surface area contributed by atoms with Gasteiger partial charge in [0, 0.05) is 10.6 Å². The Bertz CT molecular complexity index is 1110. The van der Waals surface area contributed by atoms with Crippen molar-refractivity contribution in [2.24, 2.45) is 5.10 Å². The Balaban J connectivity index is 1.96. The molecule has 0 atom stereocenters. The fourth-order valence-electron chi connectivity index (χ4n) is 2.66. The molecule has 27 heavy (non-hydrogen) atoms. The second-order valence-electron chi connectivity index (χ2n) is 5.55. The van der Waals surface area contributed by atoms with Gasteiger partial charge >= 0.3 is 0 Å². The maximum Gasteiger partial charge on any atom is 0.280 e. The average molecular weight is 405 g/mol. The Morgan fingerprint density at radius 1 is 1.00 bits per heavy atom. The molecule has 0 fully saturated rings. The summed E-state index contributed by atoms with van der Waals surface area (Å²) in [5, 5.41) is 6.06. The van der Waals surface area contributed by atoms with Crippen molar-refractivity contribution < 1.29 is 17.9 Å². The summed E-state index contributed by atoms with van der Waals surface area (Å²) < 4.78 is 35.6. The number of nitrogens with one attached hydrogen (secondary N) is 1. The van der Waals surface area contributed by atoms with Crippen LogP contribution >= 0.6 is 11.6 Å². The number of nitrogens with zero attached hydrogens (tertiary/aromatic N) is 1. The van der Waals surface area contributed by atoms with Crippen LogP contribution in [0.3, 0.4) is 0 Å². The minimum Gasteiger partial charge on any atom is -0.496 e. The molecule has 8 heteroatoms. The predicted octanol–water partition coefficient (Wildman–Crippen LogP) is 3.82. The molecule has 0 amide bonds. The van der Waals surface area contributed by atoms with Gasteiger partial charge in [-0.05, 0) is 35.0 Å². The summed E-state index contributed by atoms with van der Waals surface area (Å²) in [6.45, 7) is 0. The normalized spacial score (nSPS) is 11.7. The number of benzene rings is 3. The lowest BCUT2D eigenvalue weighted by Crippen LogP contribution is -2.19. The van der Waals surface area contributed by atoms with Crippen molar-refractivity contribution in [2.45, 2.75) is 4.90 Å². The highest BCUT2D eigenvalue weighted by Crippen LogP contribution is 2.28. The Morgan fingerprint density at radius 2 is 1.70 bits per heavy atom. The molecule has 0 saturated carbocycles. The first kappa shape index (κ1) is 19.0. The van der Waals surface area contributed by atoms with Gasteiger partial charge in [0.25, 0.3) is 10.0 Å². The molecule has 0 aliphatic carbocycles. The molecular formula is C19H17ClN2O4S. The molecule has 6 nitrogen and oxygen atoms in total. The zero-order valence-electron chi connectivity index (χ0n) is 14.6. The third-order valence-corrected chi connectivity index (χ3v) is 5.41. The molecule has 0 bridgehead atoms. The number of hydrogen-bond donors (Lipinski definition) is 1. The molecule has 0 aliphatic rings. The topological polar surface area (TPSA) is 77.0 Å². The maximum atomic E-state index is 12.6. The lowest BCUT2D eigenvalue weighted by Gasteiger charge is -2.10. The van der Waals surface area contributed by atoms with E-state index in [2.05, 4.69) is 9.93 Å². The summed E-state index contributed by atoms with van der Waals surface area (Å²) in [7, 11) is -1.04. The summed E-state index contributed by atoms with van der Waals surface area (Å²) in [4.78, 5) is 2.09. The van der Waals surface area contributed by atoms with Crippen LogP contribution in [0.5, 0.6) is 11.5 Å². The first-order chi connectivity index (χ1) is 13.0. The monoisotopic (exact) mass is 404 g/mol. The van der Waals surface area contributed by atoms with E-state index in [0.717, 1.165) is 10.8 Å². The SMILES string of the molecule is COc1ccc(Cl)cc1S(=O)(=O)N/N=C/c1c(OC)ccc2ccccc12. The number of hydrogen-bond acceptors (Lipinski definition) is 5. The average Bonchev–Trinajstić information content (AvgIpc) is 2.68. The molecule has 3 aromatic rings. The maximum absolute atomic E-state index is 12.6. The smallest absolute Gasteiger partial charge is 0.280 e. The largest absolute Gasteiger partial charge is 0.496 e. The van der Waals surface area contributed by atoms with E-state index in [-0.39, 0.29) is 15.7 Å². The van der Waals surface area contributed by atoms with Crippen LogP contribution in [0.1, 0.15) is 5.56 Å². The van der Waals surface area contributed by atoms with Gasteiger partial charge in [-0.25, -0.2) is 0 Å². The minimum absolute atomic E-state index is 0.0977. The Kier molecular flexibility index (Phi) is 5.53. The van der Waals surface area contributed by atoms with Crippen molar-refractivity contribution in [3.63, 3.8) is 0 Å². The summed E-state index contributed by atoms with van der Waals surface area (Å²) in [6, 6.07) is 15.7. The highest BCUT2D eigenvalue weighted by atomic mass is 35.5. The molecule has 0 radical (unpaired) electrons.